The molecule has 20 heavy (non-hydrogen) atoms. The van der Waals surface area contributed by atoms with E-state index in [1.54, 1.807) is 18.2 Å². The van der Waals surface area contributed by atoms with Crippen LogP contribution in [0.1, 0.15) is 23.5 Å². The average molecular weight is 272 g/mol. The number of benzene rings is 2. The van der Waals surface area contributed by atoms with Gasteiger partial charge in [0.2, 0.25) is 0 Å². The van der Waals surface area contributed by atoms with Crippen molar-refractivity contribution >= 4 is 5.97 Å². The summed E-state index contributed by atoms with van der Waals surface area (Å²) >= 11 is 0. The summed E-state index contributed by atoms with van der Waals surface area (Å²) in [7, 11) is 1.47. The number of hydrogen-bond acceptors (Lipinski definition) is 3. The average Bonchev–Trinajstić information content (AvgIpc) is 2.46. The maximum atomic E-state index is 11.1. The van der Waals surface area contributed by atoms with Crippen LogP contribution < -0.4 is 4.74 Å². The SMILES string of the molecule is COc1cccc([C@@H](CC(=O)O)c2ccccc2)c1O. The fourth-order valence-corrected chi connectivity index (χ4v) is 2.25. The highest BCUT2D eigenvalue weighted by Gasteiger charge is 2.22. The summed E-state index contributed by atoms with van der Waals surface area (Å²) in [6.07, 6.45) is -0.0925. The summed E-state index contributed by atoms with van der Waals surface area (Å²) in [5.74, 6) is -0.996. The molecule has 0 aliphatic heterocycles. The molecule has 4 nitrogen and oxygen atoms in total. The number of methoxy groups -OCH3 is 1. The van der Waals surface area contributed by atoms with Crippen LogP contribution in [-0.2, 0) is 4.79 Å². The van der Waals surface area contributed by atoms with Crippen LogP contribution in [0.4, 0.5) is 0 Å². The number of aromatic hydroxyl groups is 1. The molecule has 0 bridgehead atoms. The van der Waals surface area contributed by atoms with Crippen LogP contribution in [-0.4, -0.2) is 23.3 Å². The lowest BCUT2D eigenvalue weighted by molar-refractivity contribution is -0.137. The molecule has 2 aromatic rings. The Hall–Kier alpha value is -2.49. The molecule has 2 N–H and O–H groups in total. The molecule has 1 atom stereocenters. The molecular weight excluding hydrogens is 256 g/mol. The molecule has 0 saturated heterocycles. The van der Waals surface area contributed by atoms with Gasteiger partial charge in [0.05, 0.1) is 13.5 Å². The van der Waals surface area contributed by atoms with E-state index < -0.39 is 11.9 Å². The lowest BCUT2D eigenvalue weighted by Crippen LogP contribution is -2.08. The van der Waals surface area contributed by atoms with Gasteiger partial charge in [-0.1, -0.05) is 42.5 Å². The molecule has 0 radical (unpaired) electrons. The molecule has 104 valence electrons. The Kier molecular flexibility index (Phi) is 4.25. The zero-order valence-corrected chi connectivity index (χ0v) is 11.1. The lowest BCUT2D eigenvalue weighted by atomic mass is 9.88. The van der Waals surface area contributed by atoms with Crippen molar-refractivity contribution in [1.82, 2.24) is 0 Å². The molecule has 2 rings (SSSR count). The standard InChI is InChI=1S/C16H16O4/c1-20-14-9-5-8-12(16(14)19)13(10-15(17)18)11-6-3-2-4-7-11/h2-9,13,19H,10H2,1H3,(H,17,18)/t13-/m0/s1. The van der Waals surface area contributed by atoms with E-state index >= 15 is 0 Å². The summed E-state index contributed by atoms with van der Waals surface area (Å²) in [6, 6.07) is 14.4. The minimum absolute atomic E-state index is 0.00916. The minimum atomic E-state index is -0.916. The number of carboxylic acid groups (broad SMARTS) is 1. The molecule has 0 unspecified atom stereocenters. The molecule has 0 aliphatic rings. The maximum absolute atomic E-state index is 11.1. The highest BCUT2D eigenvalue weighted by molar-refractivity contribution is 5.69. The highest BCUT2D eigenvalue weighted by Crippen LogP contribution is 2.38. The van der Waals surface area contributed by atoms with Crippen molar-refractivity contribution in [3.63, 3.8) is 0 Å². The van der Waals surface area contributed by atoms with Crippen LogP contribution in [0.2, 0.25) is 0 Å². The Morgan fingerprint density at radius 3 is 2.45 bits per heavy atom. The van der Waals surface area contributed by atoms with Gasteiger partial charge in [0.25, 0.3) is 0 Å². The van der Waals surface area contributed by atoms with Crippen molar-refractivity contribution in [2.75, 3.05) is 7.11 Å². The van der Waals surface area contributed by atoms with Gasteiger partial charge < -0.3 is 14.9 Å². The van der Waals surface area contributed by atoms with Crippen molar-refractivity contribution in [3.8, 4) is 11.5 Å². The number of aliphatic carboxylic acids is 1. The molecule has 0 spiro atoms. The summed E-state index contributed by atoms with van der Waals surface area (Å²) in [4.78, 5) is 11.1. The first-order valence-corrected chi connectivity index (χ1v) is 6.26. The second kappa shape index (κ2) is 6.10. The predicted octanol–water partition coefficient (Wildman–Crippen LogP) is 3.01. The van der Waals surface area contributed by atoms with E-state index in [9.17, 15) is 9.90 Å². The van der Waals surface area contributed by atoms with Crippen molar-refractivity contribution in [1.29, 1.82) is 0 Å². The Labute approximate surface area is 117 Å². The maximum Gasteiger partial charge on any atom is 0.304 e. The van der Waals surface area contributed by atoms with Crippen LogP contribution >= 0.6 is 0 Å². The van der Waals surface area contributed by atoms with E-state index in [2.05, 4.69) is 0 Å². The van der Waals surface area contributed by atoms with Gasteiger partial charge in [0.1, 0.15) is 0 Å². The normalized spacial score (nSPS) is 11.8. The first-order chi connectivity index (χ1) is 9.63. The molecule has 0 aliphatic carbocycles. The van der Waals surface area contributed by atoms with Crippen LogP contribution in [0.5, 0.6) is 11.5 Å². The van der Waals surface area contributed by atoms with E-state index in [0.717, 1.165) is 5.56 Å². The summed E-state index contributed by atoms with van der Waals surface area (Å²) in [5, 5.41) is 19.3. The number of carboxylic acids is 1. The molecule has 0 fully saturated rings. The zero-order valence-electron chi connectivity index (χ0n) is 11.1. The Morgan fingerprint density at radius 2 is 1.85 bits per heavy atom. The van der Waals surface area contributed by atoms with Crippen molar-refractivity contribution in [2.45, 2.75) is 12.3 Å². The molecule has 2 aromatic carbocycles. The van der Waals surface area contributed by atoms with Gasteiger partial charge in [0.15, 0.2) is 11.5 Å². The predicted molar refractivity (Wildman–Crippen MR) is 75.2 cm³/mol. The van der Waals surface area contributed by atoms with Crippen molar-refractivity contribution in [2.24, 2.45) is 0 Å². The molecule has 4 heteroatoms. The smallest absolute Gasteiger partial charge is 0.304 e. The topological polar surface area (TPSA) is 66.8 Å². The van der Waals surface area contributed by atoms with Gasteiger partial charge in [-0.3, -0.25) is 4.79 Å². The van der Waals surface area contributed by atoms with Crippen LogP contribution in [0, 0.1) is 0 Å². The van der Waals surface area contributed by atoms with Crippen LogP contribution in [0.3, 0.4) is 0 Å². The Morgan fingerprint density at radius 1 is 1.15 bits per heavy atom. The summed E-state index contributed by atoms with van der Waals surface area (Å²) < 4.78 is 5.08. The number of hydrogen-bond donors (Lipinski definition) is 2. The third-order valence-electron chi connectivity index (χ3n) is 3.21. The molecule has 0 aromatic heterocycles. The van der Waals surface area contributed by atoms with Gasteiger partial charge >= 0.3 is 5.97 Å². The van der Waals surface area contributed by atoms with E-state index in [1.165, 1.54) is 7.11 Å². The molecule has 0 heterocycles. The number of ether oxygens (including phenoxy) is 1. The minimum Gasteiger partial charge on any atom is -0.504 e. The van der Waals surface area contributed by atoms with E-state index in [-0.39, 0.29) is 12.2 Å². The molecular formula is C16H16O4. The number of carbonyl (C=O) groups is 1. The molecule has 0 saturated carbocycles. The van der Waals surface area contributed by atoms with Gasteiger partial charge in [-0.15, -0.1) is 0 Å². The number of phenols is 1. The Balaban J connectivity index is 2.49. The molecule has 0 amide bonds. The third-order valence-corrected chi connectivity index (χ3v) is 3.21. The van der Waals surface area contributed by atoms with Gasteiger partial charge in [-0.2, -0.15) is 0 Å². The Bertz CT molecular complexity index is 593. The fraction of sp³-hybridized carbons (Fsp3) is 0.188. The number of rotatable bonds is 5. The summed E-state index contributed by atoms with van der Waals surface area (Å²) in [6.45, 7) is 0. The van der Waals surface area contributed by atoms with E-state index in [4.69, 9.17) is 9.84 Å². The van der Waals surface area contributed by atoms with Crippen molar-refractivity contribution in [3.05, 3.63) is 59.7 Å². The van der Waals surface area contributed by atoms with E-state index in [1.807, 2.05) is 30.3 Å². The van der Waals surface area contributed by atoms with Gasteiger partial charge in [0, 0.05) is 11.5 Å². The number of phenolic OH excluding ortho intramolecular Hbond substituents is 1. The monoisotopic (exact) mass is 272 g/mol. The van der Waals surface area contributed by atoms with Gasteiger partial charge in [-0.05, 0) is 11.6 Å². The largest absolute Gasteiger partial charge is 0.504 e. The van der Waals surface area contributed by atoms with E-state index in [0.29, 0.717) is 11.3 Å². The second-order valence-corrected chi connectivity index (χ2v) is 4.46. The highest BCUT2D eigenvalue weighted by atomic mass is 16.5. The first-order valence-electron chi connectivity index (χ1n) is 6.26. The van der Waals surface area contributed by atoms with Crippen LogP contribution in [0.25, 0.3) is 0 Å². The van der Waals surface area contributed by atoms with Gasteiger partial charge in [-0.25, -0.2) is 0 Å². The summed E-state index contributed by atoms with van der Waals surface area (Å²) in [5.41, 5.74) is 1.40. The third kappa shape index (κ3) is 2.91. The van der Waals surface area contributed by atoms with Crippen LogP contribution in [0.15, 0.2) is 48.5 Å². The number of para-hydroxylation sites is 1. The zero-order chi connectivity index (χ0) is 14.5. The first kappa shape index (κ1) is 13.9. The lowest BCUT2D eigenvalue weighted by Gasteiger charge is -2.18. The quantitative estimate of drug-likeness (QED) is 0.878. The van der Waals surface area contributed by atoms with Crippen molar-refractivity contribution < 1.29 is 19.7 Å². The second-order valence-electron chi connectivity index (χ2n) is 4.46. The fourth-order valence-electron chi connectivity index (χ4n) is 2.25.